The molecule has 86 valence electrons. The molecule has 2 aromatic heterocycles. The first-order valence-corrected chi connectivity index (χ1v) is 6.63. The van der Waals surface area contributed by atoms with Crippen LogP contribution in [-0.4, -0.2) is 15.0 Å². The highest BCUT2D eigenvalue weighted by molar-refractivity contribution is 7.98. The van der Waals surface area contributed by atoms with Crippen molar-refractivity contribution in [2.45, 2.75) is 11.5 Å². The number of nitrogen functional groups attached to an aromatic ring is 1. The minimum absolute atomic E-state index is 0.509. The lowest BCUT2D eigenvalue weighted by Gasteiger charge is -2.06. The summed E-state index contributed by atoms with van der Waals surface area (Å²) in [5.74, 6) is 2.81. The highest BCUT2D eigenvalue weighted by Crippen LogP contribution is 2.33. The van der Waals surface area contributed by atoms with Crippen LogP contribution in [0.15, 0.2) is 18.3 Å². The van der Waals surface area contributed by atoms with E-state index < -0.39 is 0 Å². The number of rotatable bonds is 1. The molecule has 0 amide bonds. The van der Waals surface area contributed by atoms with Gasteiger partial charge in [-0.3, -0.25) is 4.98 Å². The van der Waals surface area contributed by atoms with Gasteiger partial charge >= 0.3 is 0 Å². The lowest BCUT2D eigenvalue weighted by atomic mass is 10.2. The second-order valence-corrected chi connectivity index (χ2v) is 5.08. The Labute approximate surface area is 108 Å². The van der Waals surface area contributed by atoms with Gasteiger partial charge in [0.2, 0.25) is 0 Å². The number of hydrogen-bond acceptors (Lipinski definition) is 5. The summed E-state index contributed by atoms with van der Waals surface area (Å²) in [6.07, 6.45) is 1.67. The third-order valence-corrected chi connectivity index (χ3v) is 3.86. The lowest BCUT2D eigenvalue weighted by Crippen LogP contribution is -2.03. The number of hydrogen-bond donors (Lipinski definition) is 1. The molecule has 0 unspecified atom stereocenters. The van der Waals surface area contributed by atoms with Crippen molar-refractivity contribution in [3.63, 3.8) is 0 Å². The van der Waals surface area contributed by atoms with Crippen LogP contribution in [0.3, 0.4) is 0 Å². The van der Waals surface area contributed by atoms with E-state index in [9.17, 15) is 0 Å². The van der Waals surface area contributed by atoms with Crippen molar-refractivity contribution >= 4 is 29.2 Å². The molecule has 1 aliphatic rings. The number of thioether (sulfide) groups is 1. The summed E-state index contributed by atoms with van der Waals surface area (Å²) in [5.41, 5.74) is 8.56. The van der Waals surface area contributed by atoms with Crippen molar-refractivity contribution in [3.05, 3.63) is 34.6 Å². The molecule has 3 heterocycles. The van der Waals surface area contributed by atoms with Gasteiger partial charge in [0.05, 0.1) is 10.7 Å². The molecule has 0 bridgehead atoms. The molecule has 0 fully saturated rings. The summed E-state index contributed by atoms with van der Waals surface area (Å²) < 4.78 is 0. The van der Waals surface area contributed by atoms with Gasteiger partial charge < -0.3 is 5.73 Å². The minimum atomic E-state index is 0.509. The molecule has 0 radical (unpaired) electrons. The topological polar surface area (TPSA) is 64.7 Å². The van der Waals surface area contributed by atoms with Crippen LogP contribution in [0.2, 0.25) is 5.02 Å². The van der Waals surface area contributed by atoms with E-state index in [1.807, 2.05) is 0 Å². The average Bonchev–Trinajstić information content (AvgIpc) is 2.78. The van der Waals surface area contributed by atoms with E-state index >= 15 is 0 Å². The largest absolute Gasteiger partial charge is 0.383 e. The SMILES string of the molecule is Nc1nc(-c2ncccc2Cl)nc2c1CSC2. The van der Waals surface area contributed by atoms with Crippen molar-refractivity contribution in [3.8, 4) is 11.5 Å². The van der Waals surface area contributed by atoms with E-state index in [0.717, 1.165) is 22.8 Å². The number of nitrogens with zero attached hydrogens (tertiary/aromatic N) is 3. The van der Waals surface area contributed by atoms with Crippen LogP contribution in [0.1, 0.15) is 11.3 Å². The predicted molar refractivity (Wildman–Crippen MR) is 69.7 cm³/mol. The first-order chi connectivity index (χ1) is 8.25. The fraction of sp³-hybridized carbons (Fsp3) is 0.182. The van der Waals surface area contributed by atoms with E-state index in [-0.39, 0.29) is 0 Å². The molecule has 0 atom stereocenters. The van der Waals surface area contributed by atoms with Crippen molar-refractivity contribution in [2.75, 3.05) is 5.73 Å². The number of anilines is 1. The Balaban J connectivity index is 2.17. The Bertz CT molecular complexity index is 588. The van der Waals surface area contributed by atoms with Gasteiger partial charge in [0.1, 0.15) is 11.5 Å². The summed E-state index contributed by atoms with van der Waals surface area (Å²) in [6, 6.07) is 3.55. The lowest BCUT2D eigenvalue weighted by molar-refractivity contribution is 1.07. The second kappa shape index (κ2) is 4.16. The molecule has 2 aromatic rings. The first kappa shape index (κ1) is 10.8. The zero-order chi connectivity index (χ0) is 11.8. The van der Waals surface area contributed by atoms with Gasteiger partial charge in [-0.2, -0.15) is 11.8 Å². The Hall–Kier alpha value is -1.33. The molecule has 2 N–H and O–H groups in total. The highest BCUT2D eigenvalue weighted by Gasteiger charge is 2.19. The van der Waals surface area contributed by atoms with Crippen LogP contribution in [-0.2, 0) is 11.5 Å². The molecule has 0 aromatic carbocycles. The second-order valence-electron chi connectivity index (χ2n) is 3.68. The van der Waals surface area contributed by atoms with Crippen LogP contribution in [0, 0.1) is 0 Å². The third-order valence-electron chi connectivity index (χ3n) is 2.58. The Morgan fingerprint density at radius 2 is 2.18 bits per heavy atom. The van der Waals surface area contributed by atoms with Crippen LogP contribution >= 0.6 is 23.4 Å². The fourth-order valence-corrected chi connectivity index (χ4v) is 2.99. The Morgan fingerprint density at radius 1 is 1.29 bits per heavy atom. The predicted octanol–water partition coefficient (Wildman–Crippen LogP) is 2.52. The van der Waals surface area contributed by atoms with Crippen LogP contribution in [0.25, 0.3) is 11.5 Å². The van der Waals surface area contributed by atoms with Crippen LogP contribution < -0.4 is 5.73 Å². The van der Waals surface area contributed by atoms with E-state index in [4.69, 9.17) is 17.3 Å². The summed E-state index contributed by atoms with van der Waals surface area (Å²) in [5, 5.41) is 0.539. The quantitative estimate of drug-likeness (QED) is 0.857. The molecule has 0 aliphatic carbocycles. The third kappa shape index (κ3) is 1.85. The molecule has 6 heteroatoms. The molecule has 0 saturated carbocycles. The average molecular weight is 265 g/mol. The van der Waals surface area contributed by atoms with Gasteiger partial charge in [-0.1, -0.05) is 11.6 Å². The molecular formula is C11H9ClN4S. The molecule has 0 spiro atoms. The maximum absolute atomic E-state index is 6.07. The van der Waals surface area contributed by atoms with E-state index in [1.165, 1.54) is 0 Å². The van der Waals surface area contributed by atoms with Gasteiger partial charge in [0, 0.05) is 23.3 Å². The zero-order valence-electron chi connectivity index (χ0n) is 8.85. The molecule has 1 aliphatic heterocycles. The first-order valence-electron chi connectivity index (χ1n) is 5.09. The zero-order valence-corrected chi connectivity index (χ0v) is 10.4. The smallest absolute Gasteiger partial charge is 0.182 e. The number of nitrogens with two attached hydrogens (primary N) is 1. The van der Waals surface area contributed by atoms with Gasteiger partial charge in [0.25, 0.3) is 0 Å². The van der Waals surface area contributed by atoms with Crippen molar-refractivity contribution in [1.29, 1.82) is 0 Å². The molecule has 4 nitrogen and oxygen atoms in total. The molecule has 3 rings (SSSR count). The summed E-state index contributed by atoms with van der Waals surface area (Å²) >= 11 is 7.86. The van der Waals surface area contributed by atoms with Crippen LogP contribution in [0.5, 0.6) is 0 Å². The van der Waals surface area contributed by atoms with Crippen LogP contribution in [0.4, 0.5) is 5.82 Å². The molecule has 17 heavy (non-hydrogen) atoms. The molecule has 0 saturated heterocycles. The highest BCUT2D eigenvalue weighted by atomic mass is 35.5. The van der Waals surface area contributed by atoms with E-state index in [0.29, 0.717) is 22.4 Å². The summed E-state index contributed by atoms with van der Waals surface area (Å²) in [6.45, 7) is 0. The number of fused-ring (bicyclic) bond motifs is 1. The normalized spacial score (nSPS) is 13.7. The number of pyridine rings is 1. The maximum atomic E-state index is 6.07. The maximum Gasteiger partial charge on any atom is 0.182 e. The van der Waals surface area contributed by atoms with Gasteiger partial charge in [-0.15, -0.1) is 0 Å². The molecular weight excluding hydrogens is 256 g/mol. The van der Waals surface area contributed by atoms with Gasteiger partial charge in [0.15, 0.2) is 5.82 Å². The Kier molecular flexibility index (Phi) is 2.64. The Morgan fingerprint density at radius 3 is 3.00 bits per heavy atom. The van der Waals surface area contributed by atoms with E-state index in [1.54, 1.807) is 30.1 Å². The monoisotopic (exact) mass is 264 g/mol. The number of halogens is 1. The van der Waals surface area contributed by atoms with Crippen molar-refractivity contribution in [1.82, 2.24) is 15.0 Å². The van der Waals surface area contributed by atoms with Crippen molar-refractivity contribution < 1.29 is 0 Å². The standard InChI is InChI=1S/C11H9ClN4S/c12-7-2-1-3-14-9(7)11-15-8-5-17-4-6(8)10(13)16-11/h1-3H,4-5H2,(H2,13,15,16). The summed E-state index contributed by atoms with van der Waals surface area (Å²) in [7, 11) is 0. The van der Waals surface area contributed by atoms with Gasteiger partial charge in [-0.05, 0) is 12.1 Å². The van der Waals surface area contributed by atoms with E-state index in [2.05, 4.69) is 15.0 Å². The minimum Gasteiger partial charge on any atom is -0.383 e. The fourth-order valence-electron chi connectivity index (χ4n) is 1.73. The summed E-state index contributed by atoms with van der Waals surface area (Å²) in [4.78, 5) is 13.0. The van der Waals surface area contributed by atoms with Crippen molar-refractivity contribution in [2.24, 2.45) is 0 Å². The van der Waals surface area contributed by atoms with Gasteiger partial charge in [-0.25, -0.2) is 9.97 Å². The number of aromatic nitrogens is 3.